The monoisotopic (exact) mass is 290 g/mol. The number of para-hydroxylation sites is 1. The topological polar surface area (TPSA) is 25.4 Å². The highest BCUT2D eigenvalue weighted by Gasteiger charge is 2.18. The van der Waals surface area contributed by atoms with Crippen LogP contribution in [0.4, 0.5) is 5.69 Å². The predicted octanol–water partition coefficient (Wildman–Crippen LogP) is 3.81. The number of benzene rings is 2. The summed E-state index contributed by atoms with van der Waals surface area (Å²) in [6, 6.07) is 16.9. The number of rotatable bonds is 2. The third-order valence-corrected chi connectivity index (χ3v) is 4.40. The lowest BCUT2D eigenvalue weighted by molar-refractivity contribution is 0.419. The fourth-order valence-electron chi connectivity index (χ4n) is 3.28. The maximum absolute atomic E-state index is 5.45. The molecule has 0 spiro atoms. The fourth-order valence-corrected chi connectivity index (χ4v) is 3.28. The van der Waals surface area contributed by atoms with Gasteiger partial charge in [0.1, 0.15) is 11.3 Å². The molecule has 22 heavy (non-hydrogen) atoms. The van der Waals surface area contributed by atoms with E-state index in [9.17, 15) is 0 Å². The highest BCUT2D eigenvalue weighted by atomic mass is 16.5. The van der Waals surface area contributed by atoms with E-state index in [2.05, 4.69) is 46.3 Å². The van der Waals surface area contributed by atoms with Crippen LogP contribution in [0.3, 0.4) is 0 Å². The standard InChI is InChI=1S/C19H18N2O/c1-22-18-8-4-7-16-17(9-11-20-19(16)18)21-12-10-14-5-2-3-6-15(14)13-21/h2-9,11H,10,12-13H2,1H3. The molecule has 2 heterocycles. The second-order valence-electron chi connectivity index (χ2n) is 5.63. The summed E-state index contributed by atoms with van der Waals surface area (Å²) in [6.45, 7) is 1.99. The van der Waals surface area contributed by atoms with E-state index in [0.717, 1.165) is 36.2 Å². The Labute approximate surface area is 130 Å². The van der Waals surface area contributed by atoms with Gasteiger partial charge in [0, 0.05) is 30.4 Å². The number of ether oxygens (including phenoxy) is 1. The summed E-state index contributed by atoms with van der Waals surface area (Å²) in [5.74, 6) is 0.830. The Balaban J connectivity index is 1.79. The van der Waals surface area contributed by atoms with Gasteiger partial charge in [0.05, 0.1) is 7.11 Å². The van der Waals surface area contributed by atoms with E-state index in [-0.39, 0.29) is 0 Å². The van der Waals surface area contributed by atoms with Crippen molar-refractivity contribution in [2.45, 2.75) is 13.0 Å². The van der Waals surface area contributed by atoms with Crippen LogP contribution in [-0.2, 0) is 13.0 Å². The lowest BCUT2D eigenvalue weighted by Crippen LogP contribution is -2.30. The van der Waals surface area contributed by atoms with Crippen molar-refractivity contribution in [3.05, 3.63) is 65.9 Å². The summed E-state index contributed by atoms with van der Waals surface area (Å²) in [5, 5.41) is 1.15. The Kier molecular flexibility index (Phi) is 3.19. The van der Waals surface area contributed by atoms with Gasteiger partial charge in [-0.05, 0) is 29.7 Å². The quantitative estimate of drug-likeness (QED) is 0.717. The van der Waals surface area contributed by atoms with Crippen LogP contribution in [0.25, 0.3) is 10.9 Å². The molecule has 4 rings (SSSR count). The molecule has 0 saturated heterocycles. The largest absolute Gasteiger partial charge is 0.494 e. The minimum atomic E-state index is 0.830. The third kappa shape index (κ3) is 2.10. The first-order chi connectivity index (χ1) is 10.9. The first kappa shape index (κ1) is 13.1. The minimum Gasteiger partial charge on any atom is -0.494 e. The molecule has 1 aliphatic rings. The molecule has 0 amide bonds. The zero-order chi connectivity index (χ0) is 14.9. The van der Waals surface area contributed by atoms with Crippen LogP contribution in [0, 0.1) is 0 Å². The van der Waals surface area contributed by atoms with Crippen LogP contribution >= 0.6 is 0 Å². The van der Waals surface area contributed by atoms with Gasteiger partial charge in [-0.3, -0.25) is 4.98 Å². The maximum atomic E-state index is 5.45. The molecule has 3 nitrogen and oxygen atoms in total. The fraction of sp³-hybridized carbons (Fsp3) is 0.211. The first-order valence-electron chi connectivity index (χ1n) is 7.60. The average molecular weight is 290 g/mol. The zero-order valence-corrected chi connectivity index (χ0v) is 12.6. The molecule has 0 N–H and O–H groups in total. The molecule has 0 atom stereocenters. The van der Waals surface area contributed by atoms with E-state index in [0.29, 0.717) is 0 Å². The smallest absolute Gasteiger partial charge is 0.145 e. The van der Waals surface area contributed by atoms with Gasteiger partial charge in [-0.1, -0.05) is 36.4 Å². The molecule has 0 bridgehead atoms. The highest BCUT2D eigenvalue weighted by Crippen LogP contribution is 2.33. The lowest BCUT2D eigenvalue weighted by atomic mass is 9.99. The van der Waals surface area contributed by atoms with Crippen LogP contribution in [0.2, 0.25) is 0 Å². The van der Waals surface area contributed by atoms with Gasteiger partial charge in [-0.2, -0.15) is 0 Å². The second-order valence-corrected chi connectivity index (χ2v) is 5.63. The van der Waals surface area contributed by atoms with Crippen molar-refractivity contribution in [2.24, 2.45) is 0 Å². The number of fused-ring (bicyclic) bond motifs is 2. The van der Waals surface area contributed by atoms with Crippen molar-refractivity contribution in [1.29, 1.82) is 0 Å². The summed E-state index contributed by atoms with van der Waals surface area (Å²) in [4.78, 5) is 6.94. The van der Waals surface area contributed by atoms with Crippen LogP contribution in [0.5, 0.6) is 5.75 Å². The first-order valence-corrected chi connectivity index (χ1v) is 7.60. The summed E-state index contributed by atoms with van der Waals surface area (Å²) in [7, 11) is 1.69. The Morgan fingerprint density at radius 1 is 1.00 bits per heavy atom. The van der Waals surface area contributed by atoms with Crippen LogP contribution in [0.1, 0.15) is 11.1 Å². The van der Waals surface area contributed by atoms with Gasteiger partial charge in [0.15, 0.2) is 0 Å². The SMILES string of the molecule is COc1cccc2c(N3CCc4ccccc4C3)ccnc12. The predicted molar refractivity (Wildman–Crippen MR) is 89.5 cm³/mol. The van der Waals surface area contributed by atoms with Crippen LogP contribution < -0.4 is 9.64 Å². The summed E-state index contributed by atoms with van der Waals surface area (Å²) in [6.07, 6.45) is 2.96. The van der Waals surface area contributed by atoms with Crippen molar-refractivity contribution in [2.75, 3.05) is 18.6 Å². The number of nitrogens with zero attached hydrogens (tertiary/aromatic N) is 2. The average Bonchev–Trinajstić information content (AvgIpc) is 2.60. The van der Waals surface area contributed by atoms with Crippen molar-refractivity contribution in [3.63, 3.8) is 0 Å². The van der Waals surface area contributed by atoms with Crippen molar-refractivity contribution in [1.82, 2.24) is 4.98 Å². The van der Waals surface area contributed by atoms with Gasteiger partial charge in [0.25, 0.3) is 0 Å². The normalized spacial score (nSPS) is 14.0. The summed E-state index contributed by atoms with van der Waals surface area (Å²) < 4.78 is 5.45. The third-order valence-electron chi connectivity index (χ3n) is 4.40. The van der Waals surface area contributed by atoms with Gasteiger partial charge < -0.3 is 9.64 Å². The van der Waals surface area contributed by atoms with Gasteiger partial charge in [-0.15, -0.1) is 0 Å². The lowest BCUT2D eigenvalue weighted by Gasteiger charge is -2.31. The molecule has 2 aromatic carbocycles. The van der Waals surface area contributed by atoms with E-state index >= 15 is 0 Å². The minimum absolute atomic E-state index is 0.830. The Morgan fingerprint density at radius 3 is 2.73 bits per heavy atom. The van der Waals surface area contributed by atoms with E-state index in [1.807, 2.05) is 18.3 Å². The zero-order valence-electron chi connectivity index (χ0n) is 12.6. The highest BCUT2D eigenvalue weighted by molar-refractivity contribution is 5.95. The van der Waals surface area contributed by atoms with Gasteiger partial charge in [-0.25, -0.2) is 0 Å². The number of methoxy groups -OCH3 is 1. The van der Waals surface area contributed by atoms with Crippen molar-refractivity contribution >= 4 is 16.6 Å². The second kappa shape index (κ2) is 5.34. The van der Waals surface area contributed by atoms with Crippen LogP contribution in [0.15, 0.2) is 54.7 Å². The van der Waals surface area contributed by atoms with Gasteiger partial charge in [0.2, 0.25) is 0 Å². The van der Waals surface area contributed by atoms with Crippen LogP contribution in [-0.4, -0.2) is 18.6 Å². The number of hydrogen-bond donors (Lipinski definition) is 0. The molecule has 1 aliphatic heterocycles. The van der Waals surface area contributed by atoms with E-state index in [1.54, 1.807) is 7.11 Å². The van der Waals surface area contributed by atoms with E-state index in [1.165, 1.54) is 16.8 Å². The van der Waals surface area contributed by atoms with Crippen molar-refractivity contribution in [3.8, 4) is 5.75 Å². The molecule has 0 saturated carbocycles. The molecule has 0 unspecified atom stereocenters. The number of anilines is 1. The maximum Gasteiger partial charge on any atom is 0.145 e. The van der Waals surface area contributed by atoms with Crippen molar-refractivity contribution < 1.29 is 4.74 Å². The number of pyridine rings is 1. The molecule has 3 heteroatoms. The molecule has 0 radical (unpaired) electrons. The molecule has 110 valence electrons. The molecular weight excluding hydrogens is 272 g/mol. The van der Waals surface area contributed by atoms with Gasteiger partial charge >= 0.3 is 0 Å². The Hall–Kier alpha value is -2.55. The number of hydrogen-bond acceptors (Lipinski definition) is 3. The molecule has 0 aliphatic carbocycles. The number of aromatic nitrogens is 1. The molecule has 1 aromatic heterocycles. The van der Waals surface area contributed by atoms with E-state index in [4.69, 9.17) is 4.74 Å². The van der Waals surface area contributed by atoms with E-state index < -0.39 is 0 Å². The molecule has 0 fully saturated rings. The summed E-state index contributed by atoms with van der Waals surface area (Å²) >= 11 is 0. The Morgan fingerprint density at radius 2 is 1.86 bits per heavy atom. The molecule has 3 aromatic rings. The molecular formula is C19H18N2O. The summed E-state index contributed by atoms with van der Waals surface area (Å²) in [5.41, 5.74) is 5.05. The Bertz CT molecular complexity index is 829.